The fourth-order valence-electron chi connectivity index (χ4n) is 2.06. The Morgan fingerprint density at radius 1 is 1.37 bits per heavy atom. The monoisotopic (exact) mass is 325 g/mol. The first kappa shape index (κ1) is 15.0. The lowest BCUT2D eigenvalue weighted by Gasteiger charge is -2.36. The Morgan fingerprint density at radius 3 is 2.58 bits per heavy atom. The van der Waals surface area contributed by atoms with Crippen molar-refractivity contribution in [3.05, 3.63) is 29.0 Å². The third-order valence-electron chi connectivity index (χ3n) is 3.27. The summed E-state index contributed by atoms with van der Waals surface area (Å²) in [6.45, 7) is 0.210. The normalized spacial score (nSPS) is 16.6. The molecule has 106 valence electrons. The van der Waals surface area contributed by atoms with E-state index in [0.717, 1.165) is 31.4 Å². The van der Waals surface area contributed by atoms with Crippen LogP contribution in [-0.4, -0.2) is 31.2 Å². The van der Waals surface area contributed by atoms with E-state index in [9.17, 15) is 12.8 Å². The molecule has 7 heteroatoms. The lowest BCUT2D eigenvalue weighted by atomic mass is 9.93. The molecule has 0 heterocycles. The Bertz CT molecular complexity index is 561. The van der Waals surface area contributed by atoms with Crippen LogP contribution in [0.25, 0.3) is 0 Å². The zero-order valence-corrected chi connectivity index (χ0v) is 12.5. The summed E-state index contributed by atoms with van der Waals surface area (Å²) in [4.78, 5) is -0.189. The minimum absolute atomic E-state index is 0.0281. The molecule has 2 rings (SSSR count). The number of alkyl halides is 1. The van der Waals surface area contributed by atoms with E-state index in [1.165, 1.54) is 10.4 Å². The van der Waals surface area contributed by atoms with Crippen molar-refractivity contribution in [2.75, 3.05) is 12.4 Å². The van der Waals surface area contributed by atoms with Crippen LogP contribution in [0.5, 0.6) is 0 Å². The number of nitrogens with zero attached hydrogens (tertiary/aromatic N) is 1. The van der Waals surface area contributed by atoms with Gasteiger partial charge in [0, 0.05) is 18.5 Å². The summed E-state index contributed by atoms with van der Waals surface area (Å²) in [6, 6.07) is 3.29. The predicted octanol–water partition coefficient (Wildman–Crippen LogP) is 3.26. The van der Waals surface area contributed by atoms with Crippen molar-refractivity contribution in [1.82, 2.24) is 4.31 Å². The second kappa shape index (κ2) is 5.95. The zero-order valence-electron chi connectivity index (χ0n) is 10.2. The fourth-order valence-corrected chi connectivity index (χ4v) is 4.51. The van der Waals surface area contributed by atoms with Crippen LogP contribution in [0, 0.1) is 5.82 Å². The van der Waals surface area contributed by atoms with Gasteiger partial charge in [0.25, 0.3) is 0 Å². The van der Waals surface area contributed by atoms with Gasteiger partial charge in [-0.05, 0) is 31.0 Å². The van der Waals surface area contributed by atoms with E-state index in [2.05, 4.69) is 0 Å². The van der Waals surface area contributed by atoms with E-state index in [0.29, 0.717) is 0 Å². The molecule has 0 atom stereocenters. The highest BCUT2D eigenvalue weighted by Gasteiger charge is 2.35. The molecule has 0 aromatic heterocycles. The van der Waals surface area contributed by atoms with E-state index in [1.54, 1.807) is 0 Å². The van der Waals surface area contributed by atoms with E-state index in [-0.39, 0.29) is 28.4 Å². The second-order valence-electron chi connectivity index (χ2n) is 4.46. The average Bonchev–Trinajstić information content (AvgIpc) is 2.29. The maximum Gasteiger partial charge on any atom is 0.244 e. The largest absolute Gasteiger partial charge is 0.244 e. The Morgan fingerprint density at radius 2 is 2.05 bits per heavy atom. The molecule has 3 nitrogen and oxygen atoms in total. The van der Waals surface area contributed by atoms with Crippen molar-refractivity contribution in [3.8, 4) is 0 Å². The Kier molecular flexibility index (Phi) is 4.71. The van der Waals surface area contributed by atoms with E-state index >= 15 is 0 Å². The van der Waals surface area contributed by atoms with Gasteiger partial charge in [-0.25, -0.2) is 12.8 Å². The van der Waals surface area contributed by atoms with Crippen molar-refractivity contribution < 1.29 is 12.8 Å². The molecule has 0 unspecified atom stereocenters. The number of benzene rings is 1. The maximum atomic E-state index is 13.3. The first-order valence-electron chi connectivity index (χ1n) is 5.99. The summed E-state index contributed by atoms with van der Waals surface area (Å²) in [5.74, 6) is -0.426. The summed E-state index contributed by atoms with van der Waals surface area (Å²) >= 11 is 11.6. The quantitative estimate of drug-likeness (QED) is 0.779. The Hall–Kier alpha value is -0.360. The van der Waals surface area contributed by atoms with E-state index in [1.807, 2.05) is 0 Å². The predicted molar refractivity (Wildman–Crippen MR) is 73.7 cm³/mol. The number of hydrogen-bond donors (Lipinski definition) is 0. The highest BCUT2D eigenvalue weighted by molar-refractivity contribution is 7.89. The third kappa shape index (κ3) is 3.05. The fraction of sp³-hybridized carbons (Fsp3) is 0.500. The van der Waals surface area contributed by atoms with E-state index in [4.69, 9.17) is 23.2 Å². The molecule has 1 aliphatic rings. The molecule has 0 bridgehead atoms. The standard InChI is InChI=1S/C12H14Cl2FNO2S/c13-6-7-16(10-2-1-3-10)19(17,18)12-8-9(15)4-5-11(12)14/h4-5,8,10H,1-3,6-7H2. The summed E-state index contributed by atoms with van der Waals surface area (Å²) in [7, 11) is -3.80. The molecule has 0 aliphatic heterocycles. The van der Waals surface area contributed by atoms with Crippen molar-refractivity contribution in [1.29, 1.82) is 0 Å². The molecule has 1 aromatic rings. The first-order chi connectivity index (χ1) is 8.96. The lowest BCUT2D eigenvalue weighted by molar-refractivity contribution is 0.227. The van der Waals surface area contributed by atoms with Crippen molar-refractivity contribution >= 4 is 33.2 Å². The molecule has 1 aromatic carbocycles. The minimum Gasteiger partial charge on any atom is -0.207 e. The third-order valence-corrected chi connectivity index (χ3v) is 5.87. The molecule has 0 radical (unpaired) electrons. The van der Waals surface area contributed by atoms with Crippen LogP contribution in [0.15, 0.2) is 23.1 Å². The zero-order chi connectivity index (χ0) is 14.0. The number of rotatable bonds is 5. The highest BCUT2D eigenvalue weighted by atomic mass is 35.5. The summed E-state index contributed by atoms with van der Waals surface area (Å²) in [5.41, 5.74) is 0. The van der Waals surface area contributed by atoms with Crippen molar-refractivity contribution in [3.63, 3.8) is 0 Å². The topological polar surface area (TPSA) is 37.4 Å². The van der Waals surface area contributed by atoms with Crippen LogP contribution in [0.1, 0.15) is 19.3 Å². The summed E-state index contributed by atoms with van der Waals surface area (Å²) in [6.07, 6.45) is 2.61. The minimum atomic E-state index is -3.80. The number of sulfonamides is 1. The summed E-state index contributed by atoms with van der Waals surface area (Å²) < 4.78 is 39.7. The SMILES string of the molecule is O=S(=O)(c1cc(F)ccc1Cl)N(CCCl)C1CCC1. The molecule has 0 amide bonds. The van der Waals surface area contributed by atoms with Crippen LogP contribution in [-0.2, 0) is 10.0 Å². The van der Waals surface area contributed by atoms with E-state index < -0.39 is 15.8 Å². The van der Waals surface area contributed by atoms with Crippen LogP contribution in [0.2, 0.25) is 5.02 Å². The van der Waals surface area contributed by atoms with Crippen molar-refractivity contribution in [2.45, 2.75) is 30.2 Å². The van der Waals surface area contributed by atoms with Gasteiger partial charge in [0.05, 0.1) is 5.02 Å². The average molecular weight is 326 g/mol. The Balaban J connectivity index is 2.40. The molecule has 0 saturated heterocycles. The second-order valence-corrected chi connectivity index (χ2v) is 7.11. The van der Waals surface area contributed by atoms with Gasteiger partial charge in [-0.2, -0.15) is 4.31 Å². The highest BCUT2D eigenvalue weighted by Crippen LogP contribution is 2.32. The van der Waals surface area contributed by atoms with Crippen molar-refractivity contribution in [2.24, 2.45) is 0 Å². The van der Waals surface area contributed by atoms with Crippen LogP contribution >= 0.6 is 23.2 Å². The van der Waals surface area contributed by atoms with Crippen LogP contribution in [0.3, 0.4) is 0 Å². The van der Waals surface area contributed by atoms with Gasteiger partial charge in [0.2, 0.25) is 10.0 Å². The molecular formula is C12H14Cl2FNO2S. The van der Waals surface area contributed by atoms with Gasteiger partial charge in [-0.1, -0.05) is 18.0 Å². The van der Waals surface area contributed by atoms with Crippen LogP contribution < -0.4 is 0 Å². The Labute approximate surface area is 122 Å². The molecule has 1 aliphatic carbocycles. The van der Waals surface area contributed by atoms with Gasteiger partial charge in [0.1, 0.15) is 10.7 Å². The lowest BCUT2D eigenvalue weighted by Crippen LogP contribution is -2.45. The van der Waals surface area contributed by atoms with Gasteiger partial charge < -0.3 is 0 Å². The number of halogens is 3. The van der Waals surface area contributed by atoms with Gasteiger partial charge in [-0.15, -0.1) is 11.6 Å². The number of hydrogen-bond acceptors (Lipinski definition) is 2. The maximum absolute atomic E-state index is 13.3. The van der Waals surface area contributed by atoms with Gasteiger partial charge in [0.15, 0.2) is 0 Å². The smallest absolute Gasteiger partial charge is 0.207 e. The van der Waals surface area contributed by atoms with Gasteiger partial charge in [-0.3, -0.25) is 0 Å². The summed E-state index contributed by atoms with van der Waals surface area (Å²) in [5, 5.41) is 0.0281. The first-order valence-corrected chi connectivity index (χ1v) is 8.35. The molecule has 19 heavy (non-hydrogen) atoms. The molecule has 0 spiro atoms. The van der Waals surface area contributed by atoms with Crippen LogP contribution in [0.4, 0.5) is 4.39 Å². The van der Waals surface area contributed by atoms with Gasteiger partial charge >= 0.3 is 0 Å². The molecule has 1 saturated carbocycles. The molecular weight excluding hydrogens is 312 g/mol. The molecule has 1 fully saturated rings. The molecule has 0 N–H and O–H groups in total.